The van der Waals surface area contributed by atoms with E-state index in [0.29, 0.717) is 5.57 Å². The maximum absolute atomic E-state index is 13.3. The Balaban J connectivity index is 2.40. The number of hydrogen-bond donors (Lipinski definition) is 2. The molecule has 0 unspecified atom stereocenters. The Morgan fingerprint density at radius 1 is 1.24 bits per heavy atom. The van der Waals surface area contributed by atoms with Crippen LogP contribution < -0.4 is 5.73 Å². The third-order valence-corrected chi connectivity index (χ3v) is 4.07. The number of halogens is 1. The lowest BCUT2D eigenvalue weighted by molar-refractivity contribution is 0.594. The van der Waals surface area contributed by atoms with E-state index in [2.05, 4.69) is 10.3 Å². The first-order valence-corrected chi connectivity index (χ1v) is 7.39. The Bertz CT molecular complexity index is 799. The number of nitrogens with zero attached hydrogens (tertiary/aromatic N) is 1. The molecule has 0 bridgehead atoms. The number of sulfonamides is 1. The fourth-order valence-electron chi connectivity index (χ4n) is 1.67. The highest BCUT2D eigenvalue weighted by atomic mass is 32.2. The Labute approximate surface area is 121 Å². The third kappa shape index (κ3) is 3.41. The van der Waals surface area contributed by atoms with Crippen LogP contribution in [0.25, 0.3) is 0 Å². The summed E-state index contributed by atoms with van der Waals surface area (Å²) >= 11 is 0. The molecule has 108 valence electrons. The first-order chi connectivity index (χ1) is 9.96. The second-order valence-corrected chi connectivity index (χ2v) is 5.80. The van der Waals surface area contributed by atoms with Crippen LogP contribution in [0.5, 0.6) is 0 Å². The molecule has 1 aromatic carbocycles. The van der Waals surface area contributed by atoms with Crippen molar-refractivity contribution in [2.75, 3.05) is 0 Å². The highest BCUT2D eigenvalue weighted by molar-refractivity contribution is 7.90. The van der Waals surface area contributed by atoms with Crippen LogP contribution in [0, 0.1) is 11.2 Å². The zero-order valence-corrected chi connectivity index (χ0v) is 11.7. The lowest BCUT2D eigenvalue weighted by atomic mass is 10.1. The average molecular weight is 305 g/mol. The predicted octanol–water partition coefficient (Wildman–Crippen LogP) is 1.71. The summed E-state index contributed by atoms with van der Waals surface area (Å²) in [6.07, 6.45) is 5.97. The lowest BCUT2D eigenvalue weighted by Crippen LogP contribution is -2.06. The van der Waals surface area contributed by atoms with Gasteiger partial charge in [0.2, 0.25) is 0 Å². The van der Waals surface area contributed by atoms with Crippen molar-refractivity contribution in [2.24, 2.45) is 10.1 Å². The molecule has 1 aliphatic rings. The lowest BCUT2D eigenvalue weighted by Gasteiger charge is -2.05. The molecule has 0 atom stereocenters. The minimum atomic E-state index is -3.95. The molecule has 2 rings (SSSR count). The van der Waals surface area contributed by atoms with Crippen LogP contribution >= 0.6 is 0 Å². The van der Waals surface area contributed by atoms with Crippen molar-refractivity contribution >= 4 is 21.6 Å². The minimum Gasteiger partial charge on any atom is -0.326 e. The van der Waals surface area contributed by atoms with Gasteiger partial charge in [-0.05, 0) is 48.4 Å². The summed E-state index contributed by atoms with van der Waals surface area (Å²) in [5, 5.41) is 6.95. The van der Waals surface area contributed by atoms with Crippen LogP contribution in [-0.2, 0) is 16.6 Å². The average Bonchev–Trinajstić information content (AvgIpc) is 2.48. The highest BCUT2D eigenvalue weighted by Gasteiger charge is 2.15. The van der Waals surface area contributed by atoms with E-state index in [-0.39, 0.29) is 22.7 Å². The van der Waals surface area contributed by atoms with Crippen molar-refractivity contribution < 1.29 is 12.8 Å². The summed E-state index contributed by atoms with van der Waals surface area (Å²) in [7, 11) is -3.95. The van der Waals surface area contributed by atoms with Gasteiger partial charge in [-0.2, -0.15) is 12.8 Å². The topological polar surface area (TPSA) is 96.4 Å². The van der Waals surface area contributed by atoms with Crippen molar-refractivity contribution in [1.29, 1.82) is 5.41 Å². The molecule has 0 aromatic heterocycles. The maximum Gasteiger partial charge on any atom is 0.282 e. The molecule has 0 radical (unpaired) electrons. The van der Waals surface area contributed by atoms with E-state index >= 15 is 0 Å². The summed E-state index contributed by atoms with van der Waals surface area (Å²) < 4.78 is 41.3. The number of benzene rings is 1. The third-order valence-electron chi connectivity index (χ3n) is 2.77. The van der Waals surface area contributed by atoms with Gasteiger partial charge in [0.25, 0.3) is 10.0 Å². The molecule has 3 N–H and O–H groups in total. The summed E-state index contributed by atoms with van der Waals surface area (Å²) in [6.45, 7) is -0.0982. The van der Waals surface area contributed by atoms with E-state index in [1.165, 1.54) is 30.4 Å². The molecule has 0 aliphatic heterocycles. The molecule has 0 spiro atoms. The largest absolute Gasteiger partial charge is 0.326 e. The van der Waals surface area contributed by atoms with Crippen molar-refractivity contribution in [2.45, 2.75) is 11.4 Å². The van der Waals surface area contributed by atoms with Gasteiger partial charge in [-0.1, -0.05) is 0 Å². The monoisotopic (exact) mass is 305 g/mol. The van der Waals surface area contributed by atoms with Crippen molar-refractivity contribution in [1.82, 2.24) is 0 Å². The van der Waals surface area contributed by atoms with Crippen molar-refractivity contribution in [3.05, 3.63) is 59.5 Å². The summed E-state index contributed by atoms with van der Waals surface area (Å²) in [5.41, 5.74) is 6.20. The number of allylic oxidation sites excluding steroid dienone is 5. The SMILES string of the molecule is N=C=C1C=CC(=NS(=O)(=O)c2ccc(F)c(CN)c2)C=C1. The van der Waals surface area contributed by atoms with Gasteiger partial charge in [-0.3, -0.25) is 5.41 Å². The van der Waals surface area contributed by atoms with Crippen LogP contribution in [-0.4, -0.2) is 20.0 Å². The number of rotatable bonds is 3. The van der Waals surface area contributed by atoms with Crippen LogP contribution in [0.15, 0.2) is 57.4 Å². The molecule has 1 aromatic rings. The van der Waals surface area contributed by atoms with E-state index < -0.39 is 15.8 Å². The van der Waals surface area contributed by atoms with Gasteiger partial charge in [0.1, 0.15) is 5.82 Å². The molecule has 1 aliphatic carbocycles. The molecule has 21 heavy (non-hydrogen) atoms. The van der Waals surface area contributed by atoms with Crippen molar-refractivity contribution in [3.8, 4) is 0 Å². The molecule has 0 saturated heterocycles. The standard InChI is InChI=1S/C14H12FN3O2S/c15-14-6-5-13(7-11(14)9-17)21(19,20)18-12-3-1-10(8-16)2-4-12/h1-7,16H,9,17H2. The minimum absolute atomic E-state index is 0.0982. The fourth-order valence-corrected chi connectivity index (χ4v) is 2.70. The first-order valence-electron chi connectivity index (χ1n) is 5.95. The quantitative estimate of drug-likeness (QED) is 0.832. The number of nitrogens with two attached hydrogens (primary N) is 1. The molecule has 0 saturated carbocycles. The fraction of sp³-hybridized carbons (Fsp3) is 0.0714. The summed E-state index contributed by atoms with van der Waals surface area (Å²) in [6, 6.07) is 3.37. The normalized spacial score (nSPS) is 14.2. The summed E-state index contributed by atoms with van der Waals surface area (Å²) in [5.74, 6) is 1.62. The highest BCUT2D eigenvalue weighted by Crippen LogP contribution is 2.18. The van der Waals surface area contributed by atoms with Crippen LogP contribution in [0.1, 0.15) is 5.56 Å². The molecular formula is C14H12FN3O2S. The second-order valence-electron chi connectivity index (χ2n) is 4.20. The zero-order chi connectivity index (χ0) is 15.5. The van der Waals surface area contributed by atoms with Gasteiger partial charge in [0.05, 0.1) is 10.6 Å². The second kappa shape index (κ2) is 5.97. The smallest absolute Gasteiger partial charge is 0.282 e. The Morgan fingerprint density at radius 3 is 2.48 bits per heavy atom. The first kappa shape index (κ1) is 15.1. The molecular weight excluding hydrogens is 293 g/mol. The molecule has 7 heteroatoms. The van der Waals surface area contributed by atoms with Gasteiger partial charge >= 0.3 is 0 Å². The van der Waals surface area contributed by atoms with Gasteiger partial charge in [0.15, 0.2) is 0 Å². The van der Waals surface area contributed by atoms with Gasteiger partial charge in [0, 0.05) is 17.7 Å². The van der Waals surface area contributed by atoms with E-state index in [0.717, 1.165) is 12.1 Å². The molecule has 0 amide bonds. The Morgan fingerprint density at radius 2 is 1.90 bits per heavy atom. The maximum atomic E-state index is 13.3. The van der Waals surface area contributed by atoms with Crippen LogP contribution in [0.2, 0.25) is 0 Å². The van der Waals surface area contributed by atoms with Crippen LogP contribution in [0.3, 0.4) is 0 Å². The Hall–Kier alpha value is -2.34. The van der Waals surface area contributed by atoms with Gasteiger partial charge in [-0.15, -0.1) is 0 Å². The molecule has 0 heterocycles. The van der Waals surface area contributed by atoms with Crippen LogP contribution in [0.4, 0.5) is 4.39 Å². The summed E-state index contributed by atoms with van der Waals surface area (Å²) in [4.78, 5) is -0.118. The zero-order valence-electron chi connectivity index (χ0n) is 10.9. The van der Waals surface area contributed by atoms with E-state index in [9.17, 15) is 12.8 Å². The van der Waals surface area contributed by atoms with E-state index in [4.69, 9.17) is 11.1 Å². The van der Waals surface area contributed by atoms with E-state index in [1.54, 1.807) is 0 Å². The Kier molecular flexibility index (Phi) is 4.28. The molecule has 5 nitrogen and oxygen atoms in total. The molecule has 0 fully saturated rings. The van der Waals surface area contributed by atoms with Crippen molar-refractivity contribution in [3.63, 3.8) is 0 Å². The predicted molar refractivity (Wildman–Crippen MR) is 78.4 cm³/mol. The van der Waals surface area contributed by atoms with Gasteiger partial charge < -0.3 is 5.73 Å². The van der Waals surface area contributed by atoms with Gasteiger partial charge in [-0.25, -0.2) is 4.39 Å². The number of hydrogen-bond acceptors (Lipinski definition) is 4. The van der Waals surface area contributed by atoms with E-state index in [1.807, 2.05) is 0 Å². The number of nitrogens with one attached hydrogen (secondary N) is 1.